The van der Waals surface area contributed by atoms with Gasteiger partial charge in [-0.3, -0.25) is 10.2 Å². The predicted molar refractivity (Wildman–Crippen MR) is 59.9 cm³/mol. The average molecular weight is 214 g/mol. The van der Waals surface area contributed by atoms with Crippen molar-refractivity contribution >= 4 is 6.09 Å². The summed E-state index contributed by atoms with van der Waals surface area (Å²) in [6.07, 6.45) is 5.36. The lowest BCUT2D eigenvalue weighted by Gasteiger charge is -2.45. The Morgan fingerprint density at radius 2 is 2.27 bits per heavy atom. The Morgan fingerprint density at radius 1 is 1.53 bits per heavy atom. The van der Waals surface area contributed by atoms with E-state index >= 15 is 0 Å². The SMILES string of the molecule is CCCCC1(NC)CCCCN1C(=O)O. The summed E-state index contributed by atoms with van der Waals surface area (Å²) in [7, 11) is 1.87. The summed E-state index contributed by atoms with van der Waals surface area (Å²) in [6, 6.07) is 0. The normalized spacial score (nSPS) is 26.7. The molecule has 15 heavy (non-hydrogen) atoms. The van der Waals surface area contributed by atoms with Crippen LogP contribution >= 0.6 is 0 Å². The van der Waals surface area contributed by atoms with Crippen LogP contribution in [-0.2, 0) is 0 Å². The summed E-state index contributed by atoms with van der Waals surface area (Å²) < 4.78 is 0. The van der Waals surface area contributed by atoms with Crippen molar-refractivity contribution in [2.75, 3.05) is 13.6 Å². The zero-order valence-electron chi connectivity index (χ0n) is 9.75. The van der Waals surface area contributed by atoms with Gasteiger partial charge in [-0.05, 0) is 32.7 Å². The van der Waals surface area contributed by atoms with Crippen LogP contribution < -0.4 is 5.32 Å². The van der Waals surface area contributed by atoms with Gasteiger partial charge in [0.2, 0.25) is 0 Å². The molecule has 0 aromatic carbocycles. The van der Waals surface area contributed by atoms with Crippen LogP contribution in [0.3, 0.4) is 0 Å². The second-order valence-electron chi connectivity index (χ2n) is 4.28. The monoisotopic (exact) mass is 214 g/mol. The Bertz CT molecular complexity index is 221. The number of piperidine rings is 1. The van der Waals surface area contributed by atoms with Gasteiger partial charge in [0.05, 0.1) is 5.66 Å². The van der Waals surface area contributed by atoms with Crippen LogP contribution in [0.25, 0.3) is 0 Å². The molecule has 1 heterocycles. The first-order chi connectivity index (χ1) is 7.16. The minimum atomic E-state index is -0.792. The molecule has 0 aromatic rings. The molecular weight excluding hydrogens is 192 g/mol. The van der Waals surface area contributed by atoms with E-state index in [1.807, 2.05) is 7.05 Å². The van der Waals surface area contributed by atoms with E-state index < -0.39 is 6.09 Å². The van der Waals surface area contributed by atoms with Crippen LogP contribution in [0.5, 0.6) is 0 Å². The first kappa shape index (κ1) is 12.3. The van der Waals surface area contributed by atoms with Crippen LogP contribution in [0.4, 0.5) is 4.79 Å². The molecule has 0 spiro atoms. The van der Waals surface area contributed by atoms with Gasteiger partial charge in [-0.2, -0.15) is 0 Å². The van der Waals surface area contributed by atoms with Crippen LogP contribution in [0.2, 0.25) is 0 Å². The van der Waals surface area contributed by atoms with Gasteiger partial charge in [0.25, 0.3) is 0 Å². The minimum absolute atomic E-state index is 0.305. The molecule has 4 nitrogen and oxygen atoms in total. The highest BCUT2D eigenvalue weighted by Gasteiger charge is 2.39. The lowest BCUT2D eigenvalue weighted by atomic mass is 9.90. The number of nitrogens with one attached hydrogen (secondary N) is 1. The molecule has 0 radical (unpaired) electrons. The van der Waals surface area contributed by atoms with E-state index in [0.717, 1.165) is 38.5 Å². The summed E-state index contributed by atoms with van der Waals surface area (Å²) in [6.45, 7) is 2.80. The fourth-order valence-corrected chi connectivity index (χ4v) is 2.43. The molecule has 2 N–H and O–H groups in total. The predicted octanol–water partition coefficient (Wildman–Crippen LogP) is 2.26. The Hall–Kier alpha value is -0.770. The van der Waals surface area contributed by atoms with Crippen LogP contribution in [0.15, 0.2) is 0 Å². The zero-order chi connectivity index (χ0) is 11.3. The third kappa shape index (κ3) is 2.62. The highest BCUT2D eigenvalue weighted by Crippen LogP contribution is 2.30. The highest BCUT2D eigenvalue weighted by molar-refractivity contribution is 5.66. The van der Waals surface area contributed by atoms with Gasteiger partial charge in [0, 0.05) is 6.54 Å². The van der Waals surface area contributed by atoms with E-state index in [-0.39, 0.29) is 5.66 Å². The van der Waals surface area contributed by atoms with E-state index in [4.69, 9.17) is 0 Å². The number of nitrogens with zero attached hydrogens (tertiary/aromatic N) is 1. The lowest BCUT2D eigenvalue weighted by Crippen LogP contribution is -2.61. The summed E-state index contributed by atoms with van der Waals surface area (Å²) in [5, 5.41) is 12.4. The van der Waals surface area contributed by atoms with Crippen LogP contribution in [-0.4, -0.2) is 35.4 Å². The standard InChI is InChI=1S/C11H22N2O2/c1-3-4-7-11(12-2)8-5-6-9-13(11)10(14)15/h12H,3-9H2,1-2H3,(H,14,15). The van der Waals surface area contributed by atoms with Gasteiger partial charge in [0.15, 0.2) is 0 Å². The average Bonchev–Trinajstić information content (AvgIpc) is 2.26. The van der Waals surface area contributed by atoms with Crippen LogP contribution in [0.1, 0.15) is 45.4 Å². The lowest BCUT2D eigenvalue weighted by molar-refractivity contribution is 0.0219. The smallest absolute Gasteiger partial charge is 0.408 e. The molecule has 0 bridgehead atoms. The first-order valence-electron chi connectivity index (χ1n) is 5.86. The van der Waals surface area contributed by atoms with E-state index in [2.05, 4.69) is 12.2 Å². The van der Waals surface area contributed by atoms with Crippen molar-refractivity contribution in [2.45, 2.75) is 51.1 Å². The van der Waals surface area contributed by atoms with E-state index in [9.17, 15) is 9.90 Å². The van der Waals surface area contributed by atoms with Gasteiger partial charge in [-0.1, -0.05) is 19.8 Å². The van der Waals surface area contributed by atoms with Gasteiger partial charge in [-0.15, -0.1) is 0 Å². The molecule has 1 aliphatic rings. The molecule has 1 rings (SSSR count). The quantitative estimate of drug-likeness (QED) is 0.754. The molecule has 4 heteroatoms. The van der Waals surface area contributed by atoms with E-state index in [0.29, 0.717) is 6.54 Å². The first-order valence-corrected chi connectivity index (χ1v) is 5.86. The Morgan fingerprint density at radius 3 is 2.80 bits per heavy atom. The van der Waals surface area contributed by atoms with E-state index in [1.165, 1.54) is 0 Å². The molecular formula is C11H22N2O2. The van der Waals surface area contributed by atoms with Crippen molar-refractivity contribution in [1.82, 2.24) is 10.2 Å². The number of carbonyl (C=O) groups is 1. The maximum Gasteiger partial charge on any atom is 0.408 e. The molecule has 1 saturated heterocycles. The van der Waals surface area contributed by atoms with Crippen molar-refractivity contribution in [1.29, 1.82) is 0 Å². The fraction of sp³-hybridized carbons (Fsp3) is 0.909. The number of likely N-dealkylation sites (tertiary alicyclic amines) is 1. The minimum Gasteiger partial charge on any atom is -0.465 e. The number of hydrogen-bond acceptors (Lipinski definition) is 2. The molecule has 1 unspecified atom stereocenters. The number of amides is 1. The molecule has 88 valence electrons. The molecule has 0 aliphatic carbocycles. The molecule has 1 amide bonds. The van der Waals surface area contributed by atoms with Gasteiger partial charge in [0.1, 0.15) is 0 Å². The van der Waals surface area contributed by atoms with Gasteiger partial charge >= 0.3 is 6.09 Å². The van der Waals surface area contributed by atoms with Crippen LogP contribution in [0, 0.1) is 0 Å². The molecule has 0 aromatic heterocycles. The molecule has 0 saturated carbocycles. The number of rotatable bonds is 4. The van der Waals surface area contributed by atoms with Crippen molar-refractivity contribution in [3.63, 3.8) is 0 Å². The fourth-order valence-electron chi connectivity index (χ4n) is 2.43. The number of unbranched alkanes of at least 4 members (excludes halogenated alkanes) is 1. The summed E-state index contributed by atoms with van der Waals surface area (Å²) in [5.74, 6) is 0. The van der Waals surface area contributed by atoms with Crippen molar-refractivity contribution in [3.8, 4) is 0 Å². The Labute approximate surface area is 91.6 Å². The molecule has 1 atom stereocenters. The van der Waals surface area contributed by atoms with E-state index in [1.54, 1.807) is 4.90 Å². The number of hydrogen-bond donors (Lipinski definition) is 2. The van der Waals surface area contributed by atoms with Crippen molar-refractivity contribution < 1.29 is 9.90 Å². The third-order valence-electron chi connectivity index (χ3n) is 3.38. The maximum absolute atomic E-state index is 11.2. The Balaban J connectivity index is 2.75. The summed E-state index contributed by atoms with van der Waals surface area (Å²) in [4.78, 5) is 12.8. The maximum atomic E-state index is 11.2. The summed E-state index contributed by atoms with van der Waals surface area (Å²) >= 11 is 0. The zero-order valence-corrected chi connectivity index (χ0v) is 9.75. The molecule has 1 fully saturated rings. The largest absolute Gasteiger partial charge is 0.465 e. The van der Waals surface area contributed by atoms with Gasteiger partial charge < -0.3 is 5.11 Å². The van der Waals surface area contributed by atoms with Crippen molar-refractivity contribution in [2.24, 2.45) is 0 Å². The third-order valence-corrected chi connectivity index (χ3v) is 3.38. The number of carboxylic acid groups (broad SMARTS) is 1. The Kier molecular flexibility index (Phi) is 4.39. The second-order valence-corrected chi connectivity index (χ2v) is 4.28. The topological polar surface area (TPSA) is 52.6 Å². The second kappa shape index (κ2) is 5.35. The van der Waals surface area contributed by atoms with Gasteiger partial charge in [-0.25, -0.2) is 4.79 Å². The highest BCUT2D eigenvalue weighted by atomic mass is 16.4. The summed E-state index contributed by atoms with van der Waals surface area (Å²) in [5.41, 5.74) is -0.305. The molecule has 1 aliphatic heterocycles. The van der Waals surface area contributed by atoms with Crippen molar-refractivity contribution in [3.05, 3.63) is 0 Å².